The maximum atomic E-state index is 6.26. The molecule has 0 heterocycles. The molecule has 2 nitrogen and oxygen atoms in total. The maximum Gasteiger partial charge on any atom is 0.122 e. The van der Waals surface area contributed by atoms with Crippen molar-refractivity contribution in [3.8, 4) is 5.75 Å². The van der Waals surface area contributed by atoms with Crippen LogP contribution in [0.15, 0.2) is 56.3 Å². The molecule has 0 saturated carbocycles. The first kappa shape index (κ1) is 16.9. The first-order valence-electron chi connectivity index (χ1n) is 6.55. The minimum Gasteiger partial charge on any atom is -0.496 e. The fourth-order valence-corrected chi connectivity index (χ4v) is 3.51. The van der Waals surface area contributed by atoms with Crippen molar-refractivity contribution < 1.29 is 4.74 Å². The van der Waals surface area contributed by atoms with E-state index in [2.05, 4.69) is 50.1 Å². The molecule has 2 aromatic carbocycles. The summed E-state index contributed by atoms with van der Waals surface area (Å²) in [5.74, 6) is 1.76. The highest BCUT2D eigenvalue weighted by molar-refractivity contribution is 9.10. The van der Waals surface area contributed by atoms with Gasteiger partial charge in [-0.25, -0.2) is 0 Å². The number of halogens is 2. The maximum absolute atomic E-state index is 6.26. The van der Waals surface area contributed by atoms with Crippen molar-refractivity contribution in [1.82, 2.24) is 0 Å². The third-order valence-electron chi connectivity index (χ3n) is 3.00. The van der Waals surface area contributed by atoms with Crippen LogP contribution in [0, 0.1) is 0 Å². The lowest BCUT2D eigenvalue weighted by Crippen LogP contribution is -2.25. The van der Waals surface area contributed by atoms with Gasteiger partial charge in [0.05, 0.1) is 7.11 Å². The molecule has 0 fully saturated rings. The Hall–Kier alpha value is -0.490. The molecule has 0 aromatic heterocycles. The lowest BCUT2D eigenvalue weighted by Gasteiger charge is -2.14. The summed E-state index contributed by atoms with van der Waals surface area (Å²) in [5, 5.41) is 0. The van der Waals surface area contributed by atoms with Crippen LogP contribution in [0.1, 0.15) is 5.56 Å². The van der Waals surface area contributed by atoms with E-state index in [1.165, 1.54) is 4.90 Å². The standard InChI is InChI=1S/C16H17Br2NOS/c1-20-16-7-4-13(18)8-11(16)9-14(19)10-21-15-5-2-12(17)3-6-15/h2-8,14H,9-10,19H2,1H3. The van der Waals surface area contributed by atoms with Crippen molar-refractivity contribution in [1.29, 1.82) is 0 Å². The van der Waals surface area contributed by atoms with E-state index >= 15 is 0 Å². The van der Waals surface area contributed by atoms with Gasteiger partial charge in [0.1, 0.15) is 5.75 Å². The molecule has 0 aliphatic rings. The van der Waals surface area contributed by atoms with E-state index in [-0.39, 0.29) is 6.04 Å². The number of nitrogens with two attached hydrogens (primary N) is 1. The molecule has 0 bridgehead atoms. The molecule has 1 atom stereocenters. The van der Waals surface area contributed by atoms with Gasteiger partial charge in [0.25, 0.3) is 0 Å². The van der Waals surface area contributed by atoms with Gasteiger partial charge in [-0.3, -0.25) is 0 Å². The van der Waals surface area contributed by atoms with Gasteiger partial charge in [0.2, 0.25) is 0 Å². The highest BCUT2D eigenvalue weighted by Gasteiger charge is 2.10. The van der Waals surface area contributed by atoms with Gasteiger partial charge in [-0.05, 0) is 54.4 Å². The third-order valence-corrected chi connectivity index (χ3v) is 5.22. The summed E-state index contributed by atoms with van der Waals surface area (Å²) in [6.45, 7) is 0. The van der Waals surface area contributed by atoms with E-state index in [0.29, 0.717) is 0 Å². The molecule has 0 aliphatic heterocycles. The summed E-state index contributed by atoms with van der Waals surface area (Å²) in [6, 6.07) is 14.4. The topological polar surface area (TPSA) is 35.2 Å². The Bertz CT molecular complexity index is 589. The Morgan fingerprint density at radius 2 is 1.76 bits per heavy atom. The Labute approximate surface area is 146 Å². The van der Waals surface area contributed by atoms with Gasteiger partial charge in [-0.2, -0.15) is 0 Å². The molecule has 5 heteroatoms. The zero-order valence-corrected chi connectivity index (χ0v) is 15.7. The van der Waals surface area contributed by atoms with Crippen molar-refractivity contribution in [3.63, 3.8) is 0 Å². The van der Waals surface area contributed by atoms with Gasteiger partial charge in [0.15, 0.2) is 0 Å². The Kier molecular flexibility index (Phi) is 6.61. The predicted molar refractivity (Wildman–Crippen MR) is 97.2 cm³/mol. The van der Waals surface area contributed by atoms with Crippen LogP contribution < -0.4 is 10.5 Å². The van der Waals surface area contributed by atoms with Crippen LogP contribution in [0.25, 0.3) is 0 Å². The lowest BCUT2D eigenvalue weighted by molar-refractivity contribution is 0.408. The van der Waals surface area contributed by atoms with Gasteiger partial charge in [0, 0.05) is 25.6 Å². The molecule has 0 radical (unpaired) electrons. The zero-order valence-electron chi connectivity index (χ0n) is 11.7. The predicted octanol–water partition coefficient (Wildman–Crippen LogP) is 4.88. The molecule has 21 heavy (non-hydrogen) atoms. The van der Waals surface area contributed by atoms with Crippen LogP contribution in [0.4, 0.5) is 0 Å². The zero-order chi connectivity index (χ0) is 15.2. The van der Waals surface area contributed by atoms with Crippen LogP contribution in [0.2, 0.25) is 0 Å². The minimum atomic E-state index is 0.0850. The SMILES string of the molecule is COc1ccc(Br)cc1CC(N)CSc1ccc(Br)cc1. The van der Waals surface area contributed by atoms with Gasteiger partial charge >= 0.3 is 0 Å². The summed E-state index contributed by atoms with van der Waals surface area (Å²) in [6.07, 6.45) is 0.798. The monoisotopic (exact) mass is 429 g/mol. The van der Waals surface area contributed by atoms with E-state index in [1.807, 2.05) is 24.3 Å². The Balaban J connectivity index is 1.94. The molecule has 1 unspecified atom stereocenters. The number of methoxy groups -OCH3 is 1. The fourth-order valence-electron chi connectivity index (χ4n) is 1.98. The molecule has 112 valence electrons. The van der Waals surface area contributed by atoms with Gasteiger partial charge < -0.3 is 10.5 Å². The molecule has 0 aliphatic carbocycles. The number of ether oxygens (including phenoxy) is 1. The molecule has 2 N–H and O–H groups in total. The third kappa shape index (κ3) is 5.33. The highest BCUT2D eigenvalue weighted by Crippen LogP contribution is 2.26. The average Bonchev–Trinajstić information content (AvgIpc) is 2.47. The average molecular weight is 431 g/mol. The van der Waals surface area contributed by atoms with Crippen molar-refractivity contribution >= 4 is 43.6 Å². The van der Waals surface area contributed by atoms with Crippen molar-refractivity contribution in [2.24, 2.45) is 5.73 Å². The number of hydrogen-bond donors (Lipinski definition) is 1. The summed E-state index contributed by atoms with van der Waals surface area (Å²) >= 11 is 8.71. The smallest absolute Gasteiger partial charge is 0.122 e. The van der Waals surface area contributed by atoms with Crippen LogP contribution in [0.3, 0.4) is 0 Å². The summed E-state index contributed by atoms with van der Waals surface area (Å²) < 4.78 is 7.53. The minimum absolute atomic E-state index is 0.0850. The fraction of sp³-hybridized carbons (Fsp3) is 0.250. The molecular formula is C16H17Br2NOS. The molecule has 2 rings (SSSR count). The second-order valence-corrected chi connectivity index (χ2v) is 7.61. The van der Waals surface area contributed by atoms with E-state index in [4.69, 9.17) is 10.5 Å². The molecule has 2 aromatic rings. The van der Waals surface area contributed by atoms with Gasteiger partial charge in [-0.15, -0.1) is 11.8 Å². The molecule has 0 saturated heterocycles. The second-order valence-electron chi connectivity index (χ2n) is 4.69. The number of rotatable bonds is 6. The summed E-state index contributed by atoms with van der Waals surface area (Å²) in [7, 11) is 1.69. The largest absolute Gasteiger partial charge is 0.496 e. The Morgan fingerprint density at radius 3 is 2.43 bits per heavy atom. The van der Waals surface area contributed by atoms with Gasteiger partial charge in [-0.1, -0.05) is 31.9 Å². The van der Waals surface area contributed by atoms with Crippen molar-refractivity contribution in [3.05, 3.63) is 57.0 Å². The quantitative estimate of drug-likeness (QED) is 0.663. The molecule has 0 amide bonds. The molecule has 0 spiro atoms. The van der Waals surface area contributed by atoms with Crippen molar-refractivity contribution in [2.75, 3.05) is 12.9 Å². The van der Waals surface area contributed by atoms with Crippen LogP contribution in [-0.2, 0) is 6.42 Å². The number of benzene rings is 2. The normalized spacial score (nSPS) is 12.2. The van der Waals surface area contributed by atoms with Crippen LogP contribution in [0.5, 0.6) is 5.75 Å². The van der Waals surface area contributed by atoms with E-state index < -0.39 is 0 Å². The molecular weight excluding hydrogens is 414 g/mol. The Morgan fingerprint density at radius 1 is 1.10 bits per heavy atom. The summed E-state index contributed by atoms with van der Waals surface area (Å²) in [5.41, 5.74) is 7.39. The van der Waals surface area contributed by atoms with E-state index in [1.54, 1.807) is 18.9 Å². The lowest BCUT2D eigenvalue weighted by atomic mass is 10.1. The van der Waals surface area contributed by atoms with E-state index in [0.717, 1.165) is 32.4 Å². The number of thioether (sulfide) groups is 1. The van der Waals surface area contributed by atoms with Crippen LogP contribution >= 0.6 is 43.6 Å². The summed E-state index contributed by atoms with van der Waals surface area (Å²) in [4.78, 5) is 1.23. The van der Waals surface area contributed by atoms with Crippen molar-refractivity contribution in [2.45, 2.75) is 17.4 Å². The van der Waals surface area contributed by atoms with E-state index in [9.17, 15) is 0 Å². The van der Waals surface area contributed by atoms with Crippen LogP contribution in [-0.4, -0.2) is 18.9 Å². The second kappa shape index (κ2) is 8.22. The highest BCUT2D eigenvalue weighted by atomic mass is 79.9. The first-order valence-corrected chi connectivity index (χ1v) is 9.12. The first-order chi connectivity index (χ1) is 10.1. The number of hydrogen-bond acceptors (Lipinski definition) is 3.